The molecule has 11 rings (SSSR count). The van der Waals surface area contributed by atoms with Gasteiger partial charge in [-0.2, -0.15) is 0 Å². The van der Waals surface area contributed by atoms with Crippen molar-refractivity contribution in [2.24, 2.45) is 0 Å². The minimum atomic E-state index is -0.521. The van der Waals surface area contributed by atoms with Gasteiger partial charge in [0.2, 0.25) is 0 Å². The molecule has 0 saturated heterocycles. The first-order valence-electron chi connectivity index (χ1n) is 18.4. The molecule has 2 aliphatic rings. The van der Waals surface area contributed by atoms with Crippen LogP contribution in [-0.4, -0.2) is 9.97 Å². The Morgan fingerprint density at radius 3 is 1.70 bits per heavy atom. The highest BCUT2D eigenvalue weighted by atomic mass is 16.5. The van der Waals surface area contributed by atoms with Gasteiger partial charge in [0.15, 0.2) is 5.82 Å². The Balaban J connectivity index is 1.08. The Morgan fingerprint density at radius 2 is 0.907 bits per heavy atom. The number of fused-ring (bicyclic) bond motifs is 10. The maximum Gasteiger partial charge on any atom is 0.160 e. The number of nitrogens with zero attached hydrogens (tertiary/aromatic N) is 2. The molecular formula is C51H32N2O. The average molecular weight is 689 g/mol. The first kappa shape index (κ1) is 30.5. The van der Waals surface area contributed by atoms with Crippen LogP contribution in [0.5, 0.6) is 11.5 Å². The van der Waals surface area contributed by atoms with E-state index in [4.69, 9.17) is 14.7 Å². The maximum atomic E-state index is 6.70. The average Bonchev–Trinajstić information content (AvgIpc) is 3.54. The molecule has 1 aliphatic carbocycles. The molecule has 0 N–H and O–H groups in total. The number of ether oxygens (including phenoxy) is 1. The molecule has 3 heteroatoms. The van der Waals surface area contributed by atoms with Crippen molar-refractivity contribution in [1.29, 1.82) is 0 Å². The molecule has 0 saturated carbocycles. The van der Waals surface area contributed by atoms with Gasteiger partial charge in [-0.1, -0.05) is 158 Å². The summed E-state index contributed by atoms with van der Waals surface area (Å²) in [5.74, 6) is 2.45. The van der Waals surface area contributed by atoms with Gasteiger partial charge in [0.05, 0.1) is 16.8 Å². The molecular weight excluding hydrogens is 657 g/mol. The fraction of sp³-hybridized carbons (Fsp3) is 0.0196. The van der Waals surface area contributed by atoms with E-state index in [0.29, 0.717) is 5.82 Å². The third kappa shape index (κ3) is 4.62. The molecule has 1 spiro atoms. The lowest BCUT2D eigenvalue weighted by molar-refractivity contribution is 0.436. The van der Waals surface area contributed by atoms with E-state index in [-0.39, 0.29) is 0 Å². The van der Waals surface area contributed by atoms with Crippen molar-refractivity contribution in [3.05, 3.63) is 216 Å². The molecule has 1 aromatic heterocycles. The van der Waals surface area contributed by atoms with Gasteiger partial charge in [0.1, 0.15) is 11.5 Å². The summed E-state index contributed by atoms with van der Waals surface area (Å²) in [7, 11) is 0. The Hall–Kier alpha value is -7.10. The second kappa shape index (κ2) is 12.0. The van der Waals surface area contributed by atoms with Crippen LogP contribution in [0.1, 0.15) is 22.3 Å². The van der Waals surface area contributed by atoms with E-state index in [0.717, 1.165) is 61.8 Å². The van der Waals surface area contributed by atoms with Crippen LogP contribution in [0.15, 0.2) is 194 Å². The van der Waals surface area contributed by atoms with Crippen LogP contribution < -0.4 is 4.74 Å². The molecule has 9 aromatic rings. The van der Waals surface area contributed by atoms with Gasteiger partial charge < -0.3 is 4.74 Å². The highest BCUT2D eigenvalue weighted by molar-refractivity contribution is 5.90. The summed E-state index contributed by atoms with van der Waals surface area (Å²) in [6.07, 6.45) is 0. The summed E-state index contributed by atoms with van der Waals surface area (Å²) in [6.45, 7) is 0. The summed E-state index contributed by atoms with van der Waals surface area (Å²) in [5.41, 5.74) is 13.9. The van der Waals surface area contributed by atoms with E-state index in [1.807, 2.05) is 6.07 Å². The molecule has 0 unspecified atom stereocenters. The Labute approximate surface area is 313 Å². The Morgan fingerprint density at radius 1 is 0.333 bits per heavy atom. The highest BCUT2D eigenvalue weighted by Gasteiger charge is 2.51. The van der Waals surface area contributed by atoms with Crippen LogP contribution in [0.4, 0.5) is 0 Å². The van der Waals surface area contributed by atoms with Crippen LogP contribution in [0, 0.1) is 0 Å². The number of aromatic nitrogens is 2. The molecule has 0 fully saturated rings. The van der Waals surface area contributed by atoms with E-state index in [2.05, 4.69) is 188 Å². The van der Waals surface area contributed by atoms with Crippen molar-refractivity contribution >= 4 is 10.8 Å². The van der Waals surface area contributed by atoms with Crippen molar-refractivity contribution in [2.75, 3.05) is 0 Å². The first-order valence-corrected chi connectivity index (χ1v) is 18.4. The number of hydrogen-bond acceptors (Lipinski definition) is 3. The first-order chi connectivity index (χ1) is 26.7. The van der Waals surface area contributed by atoms with E-state index in [1.165, 1.54) is 33.0 Å². The van der Waals surface area contributed by atoms with E-state index in [1.54, 1.807) is 0 Å². The Bertz CT molecular complexity index is 2880. The number of para-hydroxylation sites is 1. The monoisotopic (exact) mass is 688 g/mol. The van der Waals surface area contributed by atoms with Crippen molar-refractivity contribution in [1.82, 2.24) is 9.97 Å². The largest absolute Gasteiger partial charge is 0.457 e. The van der Waals surface area contributed by atoms with Crippen molar-refractivity contribution in [3.63, 3.8) is 0 Å². The van der Waals surface area contributed by atoms with Crippen molar-refractivity contribution in [3.8, 4) is 67.7 Å². The van der Waals surface area contributed by atoms with Crippen LogP contribution in [-0.2, 0) is 5.41 Å². The van der Waals surface area contributed by atoms with Crippen LogP contribution >= 0.6 is 0 Å². The van der Waals surface area contributed by atoms with E-state index >= 15 is 0 Å². The molecule has 0 atom stereocenters. The topological polar surface area (TPSA) is 35.0 Å². The fourth-order valence-corrected chi connectivity index (χ4v) is 8.70. The highest BCUT2D eigenvalue weighted by Crippen LogP contribution is 2.62. The zero-order valence-corrected chi connectivity index (χ0v) is 29.3. The fourth-order valence-electron chi connectivity index (χ4n) is 8.70. The summed E-state index contributed by atoms with van der Waals surface area (Å²) in [6, 6.07) is 68.9. The van der Waals surface area contributed by atoms with Gasteiger partial charge in [-0.25, -0.2) is 9.97 Å². The number of rotatable bonds is 4. The molecule has 0 radical (unpaired) electrons. The lowest BCUT2D eigenvalue weighted by Gasteiger charge is -2.39. The number of hydrogen-bond donors (Lipinski definition) is 0. The summed E-state index contributed by atoms with van der Waals surface area (Å²) >= 11 is 0. The second-order valence-corrected chi connectivity index (χ2v) is 14.1. The molecule has 0 amide bonds. The van der Waals surface area contributed by atoms with Crippen LogP contribution in [0.25, 0.3) is 66.9 Å². The normalized spacial score (nSPS) is 13.1. The molecule has 252 valence electrons. The lowest BCUT2D eigenvalue weighted by atomic mass is 9.66. The second-order valence-electron chi connectivity index (χ2n) is 14.1. The van der Waals surface area contributed by atoms with E-state index < -0.39 is 5.41 Å². The maximum absolute atomic E-state index is 6.70. The lowest BCUT2D eigenvalue weighted by Crippen LogP contribution is -2.32. The SMILES string of the molecule is c1ccc(-c2cc(-c3ccc4ccccc4c3)nc(-c3cccc(-c4ccc5c(c4)C4(c6ccccc6O5)c5ccccc5-c5ccccc54)c3)n2)cc1. The third-order valence-corrected chi connectivity index (χ3v) is 11.1. The van der Waals surface area contributed by atoms with Gasteiger partial charge in [-0.15, -0.1) is 0 Å². The predicted octanol–water partition coefficient (Wildman–Crippen LogP) is 12.8. The Kier molecular flexibility index (Phi) is 6.77. The zero-order valence-electron chi connectivity index (χ0n) is 29.3. The molecule has 0 bridgehead atoms. The van der Waals surface area contributed by atoms with E-state index in [9.17, 15) is 0 Å². The summed E-state index contributed by atoms with van der Waals surface area (Å²) in [5, 5.41) is 2.39. The summed E-state index contributed by atoms with van der Waals surface area (Å²) < 4.78 is 6.70. The minimum Gasteiger partial charge on any atom is -0.457 e. The molecule has 1 aliphatic heterocycles. The van der Waals surface area contributed by atoms with Crippen molar-refractivity contribution in [2.45, 2.75) is 5.41 Å². The molecule has 2 heterocycles. The third-order valence-electron chi connectivity index (χ3n) is 11.1. The molecule has 8 aromatic carbocycles. The van der Waals surface area contributed by atoms with Gasteiger partial charge in [-0.3, -0.25) is 0 Å². The van der Waals surface area contributed by atoms with Gasteiger partial charge >= 0.3 is 0 Å². The molecule has 3 nitrogen and oxygen atoms in total. The predicted molar refractivity (Wildman–Crippen MR) is 219 cm³/mol. The van der Waals surface area contributed by atoms with Gasteiger partial charge in [0.25, 0.3) is 0 Å². The van der Waals surface area contributed by atoms with Gasteiger partial charge in [-0.05, 0) is 80.6 Å². The van der Waals surface area contributed by atoms with Gasteiger partial charge in [0, 0.05) is 27.8 Å². The van der Waals surface area contributed by atoms with Crippen LogP contribution in [0.2, 0.25) is 0 Å². The summed E-state index contributed by atoms with van der Waals surface area (Å²) in [4.78, 5) is 10.4. The number of benzene rings is 8. The zero-order chi connectivity index (χ0) is 35.6. The van der Waals surface area contributed by atoms with Crippen LogP contribution in [0.3, 0.4) is 0 Å². The minimum absolute atomic E-state index is 0.521. The molecule has 54 heavy (non-hydrogen) atoms. The smallest absolute Gasteiger partial charge is 0.160 e. The quantitative estimate of drug-likeness (QED) is 0.185. The van der Waals surface area contributed by atoms with Crippen molar-refractivity contribution < 1.29 is 4.74 Å². The standard InChI is InChI=1S/C51H32N2O/c1-2-14-34(15-3-1)46-32-47(38-26-25-33-13-4-5-16-35(33)29-38)53-50(52-46)39-18-12-17-36(30-39)37-27-28-49-45(31-37)51(44-23-10-11-24-48(44)54-49)42-21-8-6-19-40(42)41-20-7-9-22-43(41)51/h1-32H.